The molecule has 2 saturated heterocycles. The van der Waals surface area contributed by atoms with Crippen LogP contribution in [0.2, 0.25) is 0 Å². The van der Waals surface area contributed by atoms with Gasteiger partial charge in [0.25, 0.3) is 0 Å². The van der Waals surface area contributed by atoms with Crippen LogP contribution in [0.1, 0.15) is 51.5 Å². The summed E-state index contributed by atoms with van der Waals surface area (Å²) in [5, 5.41) is 2.73. The average Bonchev–Trinajstić information content (AvgIpc) is 2.74. The number of rotatable bonds is 6. The smallest absolute Gasteiger partial charge is 0.381 e. The molecule has 31 heavy (non-hydrogen) atoms. The highest BCUT2D eigenvalue weighted by Gasteiger charge is 2.32. The van der Waals surface area contributed by atoms with Crippen molar-refractivity contribution < 1.29 is 22.7 Å². The molecule has 5 nitrogen and oxygen atoms in total. The Hall–Kier alpha value is -1.80. The highest BCUT2D eigenvalue weighted by Crippen LogP contribution is 2.30. The molecule has 0 atom stereocenters. The van der Waals surface area contributed by atoms with Crippen molar-refractivity contribution in [2.45, 2.75) is 64.2 Å². The quantitative estimate of drug-likeness (QED) is 0.658. The lowest BCUT2D eigenvalue weighted by Gasteiger charge is -2.44. The first-order chi connectivity index (χ1) is 14.7. The highest BCUT2D eigenvalue weighted by atomic mass is 19.4. The molecule has 2 amide bonds. The Morgan fingerprint density at radius 1 is 1.10 bits per heavy atom. The van der Waals surface area contributed by atoms with Gasteiger partial charge in [0.2, 0.25) is 0 Å². The van der Waals surface area contributed by atoms with Gasteiger partial charge in [-0.15, -0.1) is 0 Å². The van der Waals surface area contributed by atoms with Gasteiger partial charge in [-0.05, 0) is 68.8 Å². The SMILES string of the molecule is CC(C)CCN(C1CCOCC1)C1CCN(C(=O)Nc2ccc(C(F)(F)F)cc2)CC1. The number of nitrogens with zero attached hydrogens (tertiary/aromatic N) is 2. The fourth-order valence-corrected chi connectivity index (χ4v) is 4.43. The molecule has 8 heteroatoms. The largest absolute Gasteiger partial charge is 0.416 e. The minimum Gasteiger partial charge on any atom is -0.381 e. The Morgan fingerprint density at radius 2 is 1.68 bits per heavy atom. The van der Waals surface area contributed by atoms with Crippen LogP contribution < -0.4 is 5.32 Å². The van der Waals surface area contributed by atoms with Gasteiger partial charge in [0.05, 0.1) is 5.56 Å². The van der Waals surface area contributed by atoms with E-state index >= 15 is 0 Å². The van der Waals surface area contributed by atoms with E-state index < -0.39 is 11.7 Å². The monoisotopic (exact) mass is 441 g/mol. The molecule has 2 aliphatic rings. The number of likely N-dealkylation sites (tertiary alicyclic amines) is 1. The van der Waals surface area contributed by atoms with Gasteiger partial charge in [0.1, 0.15) is 0 Å². The van der Waals surface area contributed by atoms with E-state index in [1.807, 2.05) is 0 Å². The first kappa shape index (κ1) is 23.9. The minimum atomic E-state index is -4.38. The zero-order valence-corrected chi connectivity index (χ0v) is 18.5. The third-order valence-corrected chi connectivity index (χ3v) is 6.31. The number of anilines is 1. The van der Waals surface area contributed by atoms with Gasteiger partial charge in [0.15, 0.2) is 0 Å². The van der Waals surface area contributed by atoms with Gasteiger partial charge < -0.3 is 15.0 Å². The van der Waals surface area contributed by atoms with Crippen LogP contribution in [0.4, 0.5) is 23.7 Å². The molecule has 0 radical (unpaired) electrons. The number of ether oxygens (including phenoxy) is 1. The number of hydrogen-bond acceptors (Lipinski definition) is 3. The normalized spacial score (nSPS) is 19.3. The number of nitrogens with one attached hydrogen (secondary N) is 1. The van der Waals surface area contributed by atoms with Crippen LogP contribution in [0, 0.1) is 5.92 Å². The molecule has 1 aromatic rings. The van der Waals surface area contributed by atoms with Crippen molar-refractivity contribution >= 4 is 11.7 Å². The minimum absolute atomic E-state index is 0.252. The summed E-state index contributed by atoms with van der Waals surface area (Å²) in [6, 6.07) is 5.32. The number of carbonyl (C=O) groups excluding carboxylic acids is 1. The maximum absolute atomic E-state index is 12.7. The second-order valence-electron chi connectivity index (χ2n) is 8.99. The van der Waals surface area contributed by atoms with Gasteiger partial charge in [-0.2, -0.15) is 13.2 Å². The summed E-state index contributed by atoms with van der Waals surface area (Å²) in [4.78, 5) is 17.0. The molecule has 0 saturated carbocycles. The molecular formula is C23H34F3N3O2. The van der Waals surface area contributed by atoms with Crippen LogP contribution in [0.25, 0.3) is 0 Å². The first-order valence-electron chi connectivity index (χ1n) is 11.3. The summed E-state index contributed by atoms with van der Waals surface area (Å²) in [5.41, 5.74) is -0.346. The molecule has 0 aliphatic carbocycles. The van der Waals surface area contributed by atoms with Gasteiger partial charge in [-0.1, -0.05) is 13.8 Å². The van der Waals surface area contributed by atoms with E-state index in [0.717, 1.165) is 64.0 Å². The molecule has 0 unspecified atom stereocenters. The third-order valence-electron chi connectivity index (χ3n) is 6.31. The lowest BCUT2D eigenvalue weighted by atomic mass is 9.96. The van der Waals surface area contributed by atoms with Gasteiger partial charge in [-0.3, -0.25) is 4.90 Å². The van der Waals surface area contributed by atoms with Crippen molar-refractivity contribution in [2.75, 3.05) is 38.2 Å². The number of halogens is 3. The Balaban J connectivity index is 1.53. The summed E-state index contributed by atoms with van der Waals surface area (Å²) < 4.78 is 43.6. The number of benzene rings is 1. The summed E-state index contributed by atoms with van der Waals surface area (Å²) >= 11 is 0. The Morgan fingerprint density at radius 3 is 2.23 bits per heavy atom. The molecule has 3 rings (SSSR count). The average molecular weight is 442 g/mol. The molecule has 0 spiro atoms. The molecule has 0 aromatic heterocycles. The fourth-order valence-electron chi connectivity index (χ4n) is 4.43. The van der Waals surface area contributed by atoms with Crippen molar-refractivity contribution in [1.29, 1.82) is 0 Å². The molecule has 1 N–H and O–H groups in total. The standard InChI is InChI=1S/C23H34F3N3O2/c1-17(2)7-14-29(21-10-15-31-16-11-21)20-8-12-28(13-9-20)22(30)27-19-5-3-18(4-6-19)23(24,25)26/h3-6,17,20-21H,7-16H2,1-2H3,(H,27,30). The second-order valence-corrected chi connectivity index (χ2v) is 8.99. The predicted octanol–water partition coefficient (Wildman–Crippen LogP) is 5.23. The van der Waals surface area contributed by atoms with E-state index in [0.29, 0.717) is 36.8 Å². The maximum atomic E-state index is 12.7. The van der Waals surface area contributed by atoms with E-state index in [9.17, 15) is 18.0 Å². The predicted molar refractivity (Wildman–Crippen MR) is 115 cm³/mol. The number of hydrogen-bond donors (Lipinski definition) is 1. The topological polar surface area (TPSA) is 44.8 Å². The number of amides is 2. The van der Waals surface area contributed by atoms with Crippen molar-refractivity contribution in [3.63, 3.8) is 0 Å². The van der Waals surface area contributed by atoms with E-state index in [2.05, 4.69) is 24.1 Å². The molecule has 1 aromatic carbocycles. The van der Waals surface area contributed by atoms with Gasteiger partial charge >= 0.3 is 12.2 Å². The van der Waals surface area contributed by atoms with Crippen molar-refractivity contribution in [3.8, 4) is 0 Å². The molecule has 2 heterocycles. The molecule has 2 fully saturated rings. The molecule has 0 bridgehead atoms. The highest BCUT2D eigenvalue weighted by molar-refractivity contribution is 5.89. The van der Waals surface area contributed by atoms with Gasteiger partial charge in [0, 0.05) is 44.1 Å². The van der Waals surface area contributed by atoms with Crippen LogP contribution in [-0.2, 0) is 10.9 Å². The van der Waals surface area contributed by atoms with Crippen molar-refractivity contribution in [3.05, 3.63) is 29.8 Å². The van der Waals surface area contributed by atoms with Crippen LogP contribution in [0.15, 0.2) is 24.3 Å². The van der Waals surface area contributed by atoms with Crippen LogP contribution in [0.3, 0.4) is 0 Å². The second kappa shape index (κ2) is 10.7. The number of alkyl halides is 3. The van der Waals surface area contributed by atoms with Crippen LogP contribution in [0.5, 0.6) is 0 Å². The summed E-state index contributed by atoms with van der Waals surface area (Å²) in [7, 11) is 0. The maximum Gasteiger partial charge on any atom is 0.416 e. The van der Waals surface area contributed by atoms with Crippen LogP contribution >= 0.6 is 0 Å². The Kier molecular flexibility index (Phi) is 8.22. The van der Waals surface area contributed by atoms with E-state index in [4.69, 9.17) is 4.74 Å². The third kappa shape index (κ3) is 6.84. The summed E-state index contributed by atoms with van der Waals surface area (Å²) in [6.07, 6.45) is 0.730. The Bertz CT molecular complexity index is 695. The summed E-state index contributed by atoms with van der Waals surface area (Å²) in [6.45, 7) is 8.50. The number of piperidine rings is 1. The number of urea groups is 1. The first-order valence-corrected chi connectivity index (χ1v) is 11.3. The van der Waals surface area contributed by atoms with Crippen molar-refractivity contribution in [1.82, 2.24) is 9.80 Å². The van der Waals surface area contributed by atoms with Crippen LogP contribution in [-0.4, -0.2) is 60.8 Å². The fraction of sp³-hybridized carbons (Fsp3) is 0.696. The molecular weight excluding hydrogens is 407 g/mol. The zero-order chi connectivity index (χ0) is 22.4. The van der Waals surface area contributed by atoms with E-state index in [1.165, 1.54) is 12.1 Å². The lowest BCUT2D eigenvalue weighted by Crippen LogP contribution is -2.52. The van der Waals surface area contributed by atoms with E-state index in [-0.39, 0.29) is 6.03 Å². The van der Waals surface area contributed by atoms with Gasteiger partial charge in [-0.25, -0.2) is 4.79 Å². The lowest BCUT2D eigenvalue weighted by molar-refractivity contribution is -0.137. The molecule has 174 valence electrons. The zero-order valence-electron chi connectivity index (χ0n) is 18.5. The van der Waals surface area contributed by atoms with E-state index in [1.54, 1.807) is 4.90 Å². The Labute approximate surface area is 182 Å². The molecule has 2 aliphatic heterocycles. The number of carbonyl (C=O) groups is 1. The summed E-state index contributed by atoms with van der Waals surface area (Å²) in [5.74, 6) is 0.650. The van der Waals surface area contributed by atoms with Crippen molar-refractivity contribution in [2.24, 2.45) is 5.92 Å².